The van der Waals surface area contributed by atoms with Gasteiger partial charge in [0.1, 0.15) is 9.84 Å². The molecule has 3 atom stereocenters. The van der Waals surface area contributed by atoms with E-state index >= 15 is 0 Å². The standard InChI is InChI=1S/C19H22N2O3S/c22-18-15(5-6-19(18)7-9-25(23,24)10-8-19)17-14-4-2-1-3-13(14)16-11-20-12-21(16)17/h1-4,11-12,15,17-18,22H,5-10H2/t15-,17+,18-/m1/s1. The first-order chi connectivity index (χ1) is 12.0. The SMILES string of the molecule is O=S1(=O)CCC2(CC[C@H]([C@@H]3c4ccccc4-c4cncn43)[C@H]2O)CC1. The summed E-state index contributed by atoms with van der Waals surface area (Å²) in [7, 11) is -2.92. The second-order valence-electron chi connectivity index (χ2n) is 7.88. The van der Waals surface area contributed by atoms with E-state index in [1.54, 1.807) is 0 Å². The van der Waals surface area contributed by atoms with Gasteiger partial charge in [0.15, 0.2) is 0 Å². The number of nitrogens with zero attached hydrogens (tertiary/aromatic N) is 2. The van der Waals surface area contributed by atoms with Gasteiger partial charge in [0.25, 0.3) is 0 Å². The van der Waals surface area contributed by atoms with Crippen LogP contribution in [0.3, 0.4) is 0 Å². The maximum atomic E-state index is 11.8. The van der Waals surface area contributed by atoms with Gasteiger partial charge >= 0.3 is 0 Å². The Morgan fingerprint density at radius 3 is 2.72 bits per heavy atom. The third-order valence-corrected chi connectivity index (χ3v) is 8.41. The topological polar surface area (TPSA) is 72.2 Å². The van der Waals surface area contributed by atoms with E-state index in [1.165, 1.54) is 11.1 Å². The van der Waals surface area contributed by atoms with Crippen LogP contribution >= 0.6 is 0 Å². The molecule has 2 aromatic rings. The summed E-state index contributed by atoms with van der Waals surface area (Å²) < 4.78 is 25.9. The Kier molecular flexibility index (Phi) is 3.23. The van der Waals surface area contributed by atoms with E-state index in [2.05, 4.69) is 27.8 Å². The van der Waals surface area contributed by atoms with Gasteiger partial charge in [0.05, 0.1) is 41.9 Å². The molecule has 2 aliphatic heterocycles. The molecule has 3 aliphatic rings. The highest BCUT2D eigenvalue weighted by atomic mass is 32.2. The minimum atomic E-state index is -2.92. The van der Waals surface area contributed by atoms with Crippen molar-refractivity contribution in [3.63, 3.8) is 0 Å². The predicted molar refractivity (Wildman–Crippen MR) is 94.9 cm³/mol. The first-order valence-electron chi connectivity index (χ1n) is 9.00. The zero-order chi connectivity index (χ0) is 17.2. The molecule has 6 heteroatoms. The summed E-state index contributed by atoms with van der Waals surface area (Å²) in [5.41, 5.74) is 3.34. The Morgan fingerprint density at radius 1 is 1.16 bits per heavy atom. The molecule has 1 saturated heterocycles. The van der Waals surface area contributed by atoms with Gasteiger partial charge in [-0.15, -0.1) is 0 Å². The van der Waals surface area contributed by atoms with Crippen molar-refractivity contribution in [3.05, 3.63) is 42.4 Å². The van der Waals surface area contributed by atoms with Gasteiger partial charge in [-0.05, 0) is 36.7 Å². The van der Waals surface area contributed by atoms with E-state index in [0.717, 1.165) is 18.5 Å². The number of aliphatic hydroxyl groups is 1. The minimum absolute atomic E-state index is 0.0987. The molecule has 5 nitrogen and oxygen atoms in total. The molecule has 1 aliphatic carbocycles. The van der Waals surface area contributed by atoms with Gasteiger partial charge in [-0.3, -0.25) is 0 Å². The molecule has 1 saturated carbocycles. The molecule has 1 aromatic carbocycles. The fourth-order valence-electron chi connectivity index (χ4n) is 5.34. The molecule has 1 spiro atoms. The zero-order valence-electron chi connectivity index (χ0n) is 14.0. The number of hydrogen-bond acceptors (Lipinski definition) is 4. The minimum Gasteiger partial charge on any atom is -0.392 e. The van der Waals surface area contributed by atoms with E-state index in [1.807, 2.05) is 18.6 Å². The molecule has 3 heterocycles. The number of sulfone groups is 1. The molecule has 0 bridgehead atoms. The number of hydrogen-bond donors (Lipinski definition) is 1. The quantitative estimate of drug-likeness (QED) is 0.850. The number of rotatable bonds is 1. The highest BCUT2D eigenvalue weighted by Gasteiger charge is 2.53. The second-order valence-corrected chi connectivity index (χ2v) is 10.2. The maximum Gasteiger partial charge on any atom is 0.150 e. The van der Waals surface area contributed by atoms with Crippen molar-refractivity contribution >= 4 is 9.84 Å². The largest absolute Gasteiger partial charge is 0.392 e. The van der Waals surface area contributed by atoms with Crippen LogP contribution < -0.4 is 0 Å². The van der Waals surface area contributed by atoms with Crippen molar-refractivity contribution in [1.82, 2.24) is 9.55 Å². The molecule has 0 radical (unpaired) electrons. The molecule has 2 fully saturated rings. The van der Waals surface area contributed by atoms with Crippen molar-refractivity contribution in [3.8, 4) is 11.3 Å². The lowest BCUT2D eigenvalue weighted by Gasteiger charge is -2.38. The van der Waals surface area contributed by atoms with Crippen molar-refractivity contribution in [2.75, 3.05) is 11.5 Å². The lowest BCUT2D eigenvalue weighted by atomic mass is 9.76. The van der Waals surface area contributed by atoms with Gasteiger partial charge in [0, 0.05) is 11.5 Å². The normalized spacial score (nSPS) is 31.8. The Labute approximate surface area is 147 Å². The Bertz CT molecular complexity index is 920. The van der Waals surface area contributed by atoms with E-state index in [0.29, 0.717) is 12.8 Å². The second kappa shape index (κ2) is 5.17. The van der Waals surface area contributed by atoms with Crippen molar-refractivity contribution in [2.45, 2.75) is 37.8 Å². The average Bonchev–Trinajstić information content (AvgIpc) is 3.26. The molecule has 0 unspecified atom stereocenters. The summed E-state index contributed by atoms with van der Waals surface area (Å²) >= 11 is 0. The number of aromatic nitrogens is 2. The van der Waals surface area contributed by atoms with E-state index in [-0.39, 0.29) is 28.9 Å². The average molecular weight is 358 g/mol. The number of fused-ring (bicyclic) bond motifs is 3. The summed E-state index contributed by atoms with van der Waals surface area (Å²) in [5.74, 6) is 0.542. The van der Waals surface area contributed by atoms with Crippen LogP contribution in [0.25, 0.3) is 11.3 Å². The van der Waals surface area contributed by atoms with Crippen LogP contribution in [0.15, 0.2) is 36.8 Å². The molecule has 1 N–H and O–H groups in total. The van der Waals surface area contributed by atoms with Crippen molar-refractivity contribution < 1.29 is 13.5 Å². The highest BCUT2D eigenvalue weighted by molar-refractivity contribution is 7.91. The van der Waals surface area contributed by atoms with Crippen molar-refractivity contribution in [2.24, 2.45) is 11.3 Å². The molecule has 5 rings (SSSR count). The van der Waals surface area contributed by atoms with Gasteiger partial charge < -0.3 is 9.67 Å². The van der Waals surface area contributed by atoms with Crippen LogP contribution in [-0.4, -0.2) is 40.7 Å². The van der Waals surface area contributed by atoms with E-state index in [9.17, 15) is 13.5 Å². The maximum absolute atomic E-state index is 11.8. The smallest absolute Gasteiger partial charge is 0.150 e. The number of imidazole rings is 1. The van der Waals surface area contributed by atoms with Gasteiger partial charge in [-0.1, -0.05) is 24.3 Å². The predicted octanol–water partition coefficient (Wildman–Crippen LogP) is 2.42. The summed E-state index contributed by atoms with van der Waals surface area (Å²) in [5, 5.41) is 11.3. The van der Waals surface area contributed by atoms with Gasteiger partial charge in [-0.25, -0.2) is 13.4 Å². The first-order valence-corrected chi connectivity index (χ1v) is 10.8. The Morgan fingerprint density at radius 2 is 1.92 bits per heavy atom. The summed E-state index contributed by atoms with van der Waals surface area (Å²) in [6, 6.07) is 8.46. The number of aliphatic hydroxyl groups excluding tert-OH is 1. The molecular weight excluding hydrogens is 336 g/mol. The van der Waals surface area contributed by atoms with E-state index < -0.39 is 15.9 Å². The fraction of sp³-hybridized carbons (Fsp3) is 0.526. The lowest BCUT2D eigenvalue weighted by molar-refractivity contribution is 0.00754. The Balaban J connectivity index is 1.51. The van der Waals surface area contributed by atoms with Gasteiger partial charge in [-0.2, -0.15) is 0 Å². The lowest BCUT2D eigenvalue weighted by Crippen LogP contribution is -2.42. The van der Waals surface area contributed by atoms with Crippen LogP contribution in [0.4, 0.5) is 0 Å². The third-order valence-electron chi connectivity index (χ3n) is 6.76. The van der Waals surface area contributed by atoms with Gasteiger partial charge in [0.2, 0.25) is 0 Å². The summed E-state index contributed by atoms with van der Waals surface area (Å²) in [6.45, 7) is 0. The summed E-state index contributed by atoms with van der Waals surface area (Å²) in [6.07, 6.45) is 6.33. The fourth-order valence-corrected chi connectivity index (χ4v) is 6.98. The highest BCUT2D eigenvalue weighted by Crippen LogP contribution is 2.56. The number of benzene rings is 1. The van der Waals surface area contributed by atoms with Crippen LogP contribution in [0.1, 0.15) is 37.3 Å². The summed E-state index contributed by atoms with van der Waals surface area (Å²) in [4.78, 5) is 4.31. The van der Waals surface area contributed by atoms with Crippen LogP contribution in [0.2, 0.25) is 0 Å². The first kappa shape index (κ1) is 15.6. The Hall–Kier alpha value is -1.66. The molecule has 0 amide bonds. The van der Waals surface area contributed by atoms with Crippen molar-refractivity contribution in [1.29, 1.82) is 0 Å². The monoisotopic (exact) mass is 358 g/mol. The van der Waals surface area contributed by atoms with Crippen LogP contribution in [-0.2, 0) is 9.84 Å². The molecule has 132 valence electrons. The van der Waals surface area contributed by atoms with E-state index in [4.69, 9.17) is 0 Å². The molecular formula is C19H22N2O3S. The molecule has 25 heavy (non-hydrogen) atoms. The van der Waals surface area contributed by atoms with Crippen LogP contribution in [0, 0.1) is 11.3 Å². The zero-order valence-corrected chi connectivity index (χ0v) is 14.8. The third kappa shape index (κ3) is 2.16. The molecule has 1 aromatic heterocycles. The van der Waals surface area contributed by atoms with Crippen LogP contribution in [0.5, 0.6) is 0 Å².